The van der Waals surface area contributed by atoms with E-state index in [2.05, 4.69) is 9.97 Å². The molecule has 0 unspecified atom stereocenters. The molecule has 0 aliphatic heterocycles. The molecule has 0 spiro atoms. The largest absolute Gasteiger partial charge is 0.369 e. The number of rotatable bonds is 1. The zero-order valence-corrected chi connectivity index (χ0v) is 10.8. The minimum absolute atomic E-state index is 0.193. The first-order valence-electron chi connectivity index (χ1n) is 5.63. The van der Waals surface area contributed by atoms with E-state index in [1.165, 1.54) is 10.6 Å². The molecule has 0 saturated heterocycles. The van der Waals surface area contributed by atoms with Crippen LogP contribution >= 0.6 is 11.6 Å². The molecule has 0 radical (unpaired) electrons. The van der Waals surface area contributed by atoms with Crippen LogP contribution in [0.25, 0.3) is 16.9 Å². The zero-order valence-electron chi connectivity index (χ0n) is 10.1. The summed E-state index contributed by atoms with van der Waals surface area (Å²) in [7, 11) is 0. The number of nitrogens with zero attached hydrogens (tertiary/aromatic N) is 3. The Kier molecular flexibility index (Phi) is 2.64. The third-order valence-electron chi connectivity index (χ3n) is 2.92. The molecule has 0 bridgehead atoms. The van der Waals surface area contributed by atoms with Crippen molar-refractivity contribution in [2.24, 2.45) is 0 Å². The summed E-state index contributed by atoms with van der Waals surface area (Å²) in [5.74, 6) is -0.278. The second-order valence-electron chi connectivity index (χ2n) is 4.20. The molecule has 0 aliphatic carbocycles. The summed E-state index contributed by atoms with van der Waals surface area (Å²) in [6, 6.07) is 6.22. The number of benzene rings is 1. The Balaban J connectivity index is 2.36. The van der Waals surface area contributed by atoms with Gasteiger partial charge in [0.15, 0.2) is 5.65 Å². The summed E-state index contributed by atoms with van der Waals surface area (Å²) in [5.41, 5.74) is 8.28. The molecule has 2 N–H and O–H groups in total. The van der Waals surface area contributed by atoms with Crippen molar-refractivity contribution in [3.05, 3.63) is 46.9 Å². The number of hydrogen-bond donors (Lipinski definition) is 1. The predicted octanol–water partition coefficient (Wildman–Crippen LogP) is 3.10. The van der Waals surface area contributed by atoms with E-state index < -0.39 is 5.82 Å². The smallest absolute Gasteiger partial charge is 0.207 e. The zero-order chi connectivity index (χ0) is 13.6. The standard InChI is InChI=1S/C13H10ClFN4/c1-7-4-5-17-12-11(7)18-13(16)19(12)10-3-2-8(14)6-9(10)15/h2-6H,1H3,(H2,16,18). The predicted molar refractivity (Wildman–Crippen MR) is 73.0 cm³/mol. The highest BCUT2D eigenvalue weighted by Gasteiger charge is 2.15. The van der Waals surface area contributed by atoms with Crippen molar-refractivity contribution in [3.63, 3.8) is 0 Å². The third kappa shape index (κ3) is 1.82. The molecule has 0 aliphatic rings. The number of anilines is 1. The molecule has 0 saturated carbocycles. The van der Waals surface area contributed by atoms with Gasteiger partial charge in [-0.3, -0.25) is 4.57 Å². The van der Waals surface area contributed by atoms with Gasteiger partial charge in [-0.1, -0.05) is 11.6 Å². The van der Waals surface area contributed by atoms with E-state index in [4.69, 9.17) is 17.3 Å². The number of aromatic nitrogens is 3. The SMILES string of the molecule is Cc1ccnc2c1nc(N)n2-c1ccc(Cl)cc1F. The van der Waals surface area contributed by atoms with Gasteiger partial charge >= 0.3 is 0 Å². The number of fused-ring (bicyclic) bond motifs is 1. The Hall–Kier alpha value is -2.14. The van der Waals surface area contributed by atoms with Crippen LogP contribution in [-0.4, -0.2) is 14.5 Å². The summed E-state index contributed by atoms with van der Waals surface area (Å²) in [5, 5.41) is 0.327. The monoisotopic (exact) mass is 276 g/mol. The molecule has 4 nitrogen and oxygen atoms in total. The second-order valence-corrected chi connectivity index (χ2v) is 4.64. The Morgan fingerprint density at radius 2 is 2.11 bits per heavy atom. The fourth-order valence-electron chi connectivity index (χ4n) is 2.01. The molecule has 0 atom stereocenters. The van der Waals surface area contributed by atoms with Crippen molar-refractivity contribution in [1.82, 2.24) is 14.5 Å². The van der Waals surface area contributed by atoms with Gasteiger partial charge in [-0.05, 0) is 36.8 Å². The number of aryl methyl sites for hydroxylation is 1. The number of pyridine rings is 1. The number of imidazole rings is 1. The minimum atomic E-state index is -0.471. The van der Waals surface area contributed by atoms with Crippen LogP contribution in [0.3, 0.4) is 0 Å². The number of nitrogens with two attached hydrogens (primary N) is 1. The Morgan fingerprint density at radius 3 is 2.84 bits per heavy atom. The van der Waals surface area contributed by atoms with Crippen molar-refractivity contribution < 1.29 is 4.39 Å². The van der Waals surface area contributed by atoms with Crippen LogP contribution in [0.1, 0.15) is 5.56 Å². The highest BCUT2D eigenvalue weighted by atomic mass is 35.5. The van der Waals surface area contributed by atoms with Gasteiger partial charge in [-0.25, -0.2) is 14.4 Å². The lowest BCUT2D eigenvalue weighted by Crippen LogP contribution is -2.03. The highest BCUT2D eigenvalue weighted by molar-refractivity contribution is 6.30. The first-order chi connectivity index (χ1) is 9.08. The van der Waals surface area contributed by atoms with E-state index in [1.54, 1.807) is 18.3 Å². The number of halogens is 2. The number of hydrogen-bond acceptors (Lipinski definition) is 3. The molecule has 3 rings (SSSR count). The highest BCUT2D eigenvalue weighted by Crippen LogP contribution is 2.26. The van der Waals surface area contributed by atoms with E-state index in [-0.39, 0.29) is 11.6 Å². The van der Waals surface area contributed by atoms with Crippen molar-refractivity contribution in [3.8, 4) is 5.69 Å². The average Bonchev–Trinajstić information content (AvgIpc) is 2.68. The van der Waals surface area contributed by atoms with E-state index in [0.29, 0.717) is 16.2 Å². The third-order valence-corrected chi connectivity index (χ3v) is 3.16. The molecule has 2 heterocycles. The average molecular weight is 277 g/mol. The minimum Gasteiger partial charge on any atom is -0.369 e. The van der Waals surface area contributed by atoms with Gasteiger partial charge in [-0.2, -0.15) is 0 Å². The van der Waals surface area contributed by atoms with Crippen LogP contribution in [0.5, 0.6) is 0 Å². The van der Waals surface area contributed by atoms with Crippen molar-refractivity contribution in [1.29, 1.82) is 0 Å². The van der Waals surface area contributed by atoms with E-state index >= 15 is 0 Å². The van der Waals surface area contributed by atoms with E-state index in [0.717, 1.165) is 5.56 Å². The van der Waals surface area contributed by atoms with Gasteiger partial charge in [0.25, 0.3) is 0 Å². The van der Waals surface area contributed by atoms with Gasteiger partial charge in [0.2, 0.25) is 5.95 Å². The van der Waals surface area contributed by atoms with Gasteiger partial charge < -0.3 is 5.73 Å². The maximum atomic E-state index is 14.0. The van der Waals surface area contributed by atoms with Gasteiger partial charge in [0.05, 0.1) is 5.69 Å². The van der Waals surface area contributed by atoms with Crippen LogP contribution in [-0.2, 0) is 0 Å². The Morgan fingerprint density at radius 1 is 1.32 bits per heavy atom. The summed E-state index contributed by atoms with van der Waals surface area (Å²) < 4.78 is 15.5. The molecule has 96 valence electrons. The second kappa shape index (κ2) is 4.20. The van der Waals surface area contributed by atoms with Crippen LogP contribution in [0.4, 0.5) is 10.3 Å². The molecular formula is C13H10ClFN4. The Bertz CT molecular complexity index is 782. The topological polar surface area (TPSA) is 56.7 Å². The lowest BCUT2D eigenvalue weighted by Gasteiger charge is -2.07. The number of nitrogen functional groups attached to an aromatic ring is 1. The molecule has 0 fully saturated rings. The maximum absolute atomic E-state index is 14.0. The van der Waals surface area contributed by atoms with E-state index in [9.17, 15) is 4.39 Å². The molecule has 6 heteroatoms. The quantitative estimate of drug-likeness (QED) is 0.743. The van der Waals surface area contributed by atoms with Crippen LogP contribution in [0.2, 0.25) is 5.02 Å². The van der Waals surface area contributed by atoms with Crippen LogP contribution in [0, 0.1) is 12.7 Å². The van der Waals surface area contributed by atoms with E-state index in [1.807, 2.05) is 13.0 Å². The Labute approximate surface area is 113 Å². The van der Waals surface area contributed by atoms with Crippen LogP contribution < -0.4 is 5.73 Å². The first kappa shape index (κ1) is 11.9. The molecule has 1 aromatic carbocycles. The molecule has 2 aromatic heterocycles. The molecule has 0 amide bonds. The van der Waals surface area contributed by atoms with Crippen molar-refractivity contribution in [2.45, 2.75) is 6.92 Å². The van der Waals surface area contributed by atoms with Gasteiger partial charge in [-0.15, -0.1) is 0 Å². The lowest BCUT2D eigenvalue weighted by atomic mass is 10.2. The normalized spacial score (nSPS) is 11.1. The summed E-state index contributed by atoms with van der Waals surface area (Å²) >= 11 is 5.75. The molecular weight excluding hydrogens is 267 g/mol. The fourth-order valence-corrected chi connectivity index (χ4v) is 2.17. The fraction of sp³-hybridized carbons (Fsp3) is 0.0769. The lowest BCUT2D eigenvalue weighted by molar-refractivity contribution is 0.620. The van der Waals surface area contributed by atoms with Crippen LogP contribution in [0.15, 0.2) is 30.5 Å². The first-order valence-corrected chi connectivity index (χ1v) is 6.00. The van der Waals surface area contributed by atoms with Gasteiger partial charge in [0, 0.05) is 11.2 Å². The summed E-state index contributed by atoms with van der Waals surface area (Å²) in [6.07, 6.45) is 1.64. The maximum Gasteiger partial charge on any atom is 0.207 e. The van der Waals surface area contributed by atoms with Crippen molar-refractivity contribution >= 4 is 28.7 Å². The summed E-state index contributed by atoms with van der Waals surface area (Å²) in [4.78, 5) is 8.45. The van der Waals surface area contributed by atoms with Gasteiger partial charge in [0.1, 0.15) is 11.3 Å². The molecule has 3 aromatic rings. The summed E-state index contributed by atoms with van der Waals surface area (Å²) in [6.45, 7) is 1.90. The molecule has 19 heavy (non-hydrogen) atoms. The van der Waals surface area contributed by atoms with Crippen molar-refractivity contribution in [2.75, 3.05) is 5.73 Å².